The molecule has 18 heavy (non-hydrogen) atoms. The normalized spacial score (nSPS) is 9.89. The minimum atomic E-state index is -0.300. The molecule has 0 aromatic heterocycles. The number of nitrogens with one attached hydrogen (secondary N) is 1. The van der Waals surface area contributed by atoms with Crippen LogP contribution in [0.25, 0.3) is 0 Å². The Bertz CT molecular complexity index is 612. The van der Waals surface area contributed by atoms with Crippen LogP contribution in [0.1, 0.15) is 11.1 Å². The summed E-state index contributed by atoms with van der Waals surface area (Å²) in [4.78, 5) is 0. The molecule has 0 fully saturated rings. The van der Waals surface area contributed by atoms with Crippen LogP contribution in [0.15, 0.2) is 40.9 Å². The van der Waals surface area contributed by atoms with Gasteiger partial charge in [0, 0.05) is 10.2 Å². The maximum absolute atomic E-state index is 13.3. The topological polar surface area (TPSA) is 35.8 Å². The van der Waals surface area contributed by atoms with Crippen molar-refractivity contribution in [3.05, 3.63) is 57.8 Å². The minimum absolute atomic E-state index is 0.300. The van der Waals surface area contributed by atoms with Gasteiger partial charge in [-0.25, -0.2) is 4.39 Å². The van der Waals surface area contributed by atoms with Crippen molar-refractivity contribution >= 4 is 27.3 Å². The van der Waals surface area contributed by atoms with E-state index in [4.69, 9.17) is 5.26 Å². The van der Waals surface area contributed by atoms with E-state index in [1.165, 1.54) is 12.1 Å². The van der Waals surface area contributed by atoms with Gasteiger partial charge in [0.25, 0.3) is 0 Å². The number of rotatable bonds is 2. The fourth-order valence-electron chi connectivity index (χ4n) is 1.71. The van der Waals surface area contributed by atoms with Gasteiger partial charge in [-0.3, -0.25) is 0 Å². The highest BCUT2D eigenvalue weighted by atomic mass is 79.9. The zero-order valence-electron chi connectivity index (χ0n) is 9.67. The number of nitrogens with zero attached hydrogens (tertiary/aromatic N) is 1. The molecule has 0 bridgehead atoms. The first kappa shape index (κ1) is 12.6. The third-order valence-electron chi connectivity index (χ3n) is 2.45. The first-order valence-electron chi connectivity index (χ1n) is 5.33. The molecule has 2 nitrogen and oxygen atoms in total. The second-order valence-electron chi connectivity index (χ2n) is 3.92. The number of anilines is 2. The second kappa shape index (κ2) is 5.19. The van der Waals surface area contributed by atoms with Crippen molar-refractivity contribution in [2.24, 2.45) is 0 Å². The van der Waals surface area contributed by atoms with Gasteiger partial charge >= 0.3 is 0 Å². The van der Waals surface area contributed by atoms with Crippen molar-refractivity contribution in [2.75, 3.05) is 5.32 Å². The SMILES string of the molecule is Cc1cc(F)cc(Nc2cccc(Br)c2C#N)c1. The van der Waals surface area contributed by atoms with Crippen LogP contribution in [0.3, 0.4) is 0 Å². The molecular weight excluding hydrogens is 295 g/mol. The number of hydrogen-bond donors (Lipinski definition) is 1. The van der Waals surface area contributed by atoms with Crippen LogP contribution >= 0.6 is 15.9 Å². The zero-order valence-corrected chi connectivity index (χ0v) is 11.3. The third-order valence-corrected chi connectivity index (χ3v) is 3.11. The Morgan fingerprint density at radius 1 is 1.28 bits per heavy atom. The molecule has 0 saturated heterocycles. The summed E-state index contributed by atoms with van der Waals surface area (Å²) in [5.74, 6) is -0.300. The fourth-order valence-corrected chi connectivity index (χ4v) is 2.16. The number of benzene rings is 2. The van der Waals surface area contributed by atoms with E-state index in [2.05, 4.69) is 27.3 Å². The van der Waals surface area contributed by atoms with Crippen LogP contribution in [-0.2, 0) is 0 Å². The van der Waals surface area contributed by atoms with E-state index < -0.39 is 0 Å². The lowest BCUT2D eigenvalue weighted by Gasteiger charge is -2.10. The van der Waals surface area contributed by atoms with Crippen LogP contribution in [0, 0.1) is 24.1 Å². The summed E-state index contributed by atoms with van der Waals surface area (Å²) < 4.78 is 14.0. The molecule has 2 rings (SSSR count). The first-order valence-corrected chi connectivity index (χ1v) is 6.12. The van der Waals surface area contributed by atoms with Gasteiger partial charge in [0.05, 0.1) is 11.3 Å². The van der Waals surface area contributed by atoms with Crippen LogP contribution in [0.2, 0.25) is 0 Å². The molecule has 0 aliphatic carbocycles. The molecule has 1 N–H and O–H groups in total. The minimum Gasteiger partial charge on any atom is -0.354 e. The number of halogens is 2. The van der Waals surface area contributed by atoms with E-state index in [1.807, 2.05) is 19.1 Å². The van der Waals surface area contributed by atoms with E-state index in [1.54, 1.807) is 12.1 Å². The van der Waals surface area contributed by atoms with E-state index in [9.17, 15) is 4.39 Å². The fraction of sp³-hybridized carbons (Fsp3) is 0.0714. The first-order chi connectivity index (χ1) is 8.60. The number of aryl methyl sites for hydroxylation is 1. The van der Waals surface area contributed by atoms with Crippen LogP contribution < -0.4 is 5.32 Å². The Hall–Kier alpha value is -1.86. The predicted molar refractivity (Wildman–Crippen MR) is 73.3 cm³/mol. The Morgan fingerprint density at radius 2 is 2.06 bits per heavy atom. The van der Waals surface area contributed by atoms with Crippen LogP contribution in [0.4, 0.5) is 15.8 Å². The average Bonchev–Trinajstić information content (AvgIpc) is 2.27. The molecule has 4 heteroatoms. The third kappa shape index (κ3) is 2.69. The standard InChI is InChI=1S/C14H10BrFN2/c1-9-5-10(16)7-11(6-9)18-14-4-2-3-13(15)12(14)8-17/h2-7,18H,1H3. The largest absolute Gasteiger partial charge is 0.354 e. The maximum Gasteiger partial charge on any atom is 0.125 e. The van der Waals surface area contributed by atoms with Crippen LogP contribution in [0.5, 0.6) is 0 Å². The molecule has 2 aromatic rings. The Kier molecular flexibility index (Phi) is 3.63. The summed E-state index contributed by atoms with van der Waals surface area (Å²) in [7, 11) is 0. The van der Waals surface area contributed by atoms with Crippen molar-refractivity contribution in [1.29, 1.82) is 5.26 Å². The van der Waals surface area contributed by atoms with Gasteiger partial charge in [-0.2, -0.15) is 5.26 Å². The van der Waals surface area contributed by atoms with Crippen molar-refractivity contribution in [2.45, 2.75) is 6.92 Å². The summed E-state index contributed by atoms with van der Waals surface area (Å²) in [6.07, 6.45) is 0. The summed E-state index contributed by atoms with van der Waals surface area (Å²) in [5, 5.41) is 12.1. The molecular formula is C14H10BrFN2. The van der Waals surface area contributed by atoms with E-state index in [-0.39, 0.29) is 5.82 Å². The molecule has 0 heterocycles. The lowest BCUT2D eigenvalue weighted by molar-refractivity contribution is 0.627. The summed E-state index contributed by atoms with van der Waals surface area (Å²) in [6, 6.07) is 12.2. The van der Waals surface area contributed by atoms with Crippen molar-refractivity contribution in [1.82, 2.24) is 0 Å². The summed E-state index contributed by atoms with van der Waals surface area (Å²) in [5.41, 5.74) is 2.60. The molecule has 0 unspecified atom stereocenters. The lowest BCUT2D eigenvalue weighted by Crippen LogP contribution is -1.95. The van der Waals surface area contributed by atoms with Gasteiger partial charge < -0.3 is 5.32 Å². The van der Waals surface area contributed by atoms with Gasteiger partial charge in [0.2, 0.25) is 0 Å². The smallest absolute Gasteiger partial charge is 0.125 e. The Morgan fingerprint density at radius 3 is 2.72 bits per heavy atom. The molecule has 0 aliphatic rings. The molecule has 90 valence electrons. The average molecular weight is 305 g/mol. The lowest BCUT2D eigenvalue weighted by atomic mass is 10.1. The molecule has 2 aromatic carbocycles. The van der Waals surface area contributed by atoms with Crippen molar-refractivity contribution < 1.29 is 4.39 Å². The summed E-state index contributed by atoms with van der Waals surface area (Å²) >= 11 is 3.31. The highest BCUT2D eigenvalue weighted by Gasteiger charge is 2.06. The van der Waals surface area contributed by atoms with Crippen LogP contribution in [-0.4, -0.2) is 0 Å². The molecule has 0 spiro atoms. The van der Waals surface area contributed by atoms with Gasteiger partial charge in [-0.1, -0.05) is 6.07 Å². The Balaban J connectivity index is 2.40. The van der Waals surface area contributed by atoms with E-state index in [0.29, 0.717) is 21.4 Å². The van der Waals surface area contributed by atoms with E-state index in [0.717, 1.165) is 5.56 Å². The highest BCUT2D eigenvalue weighted by Crippen LogP contribution is 2.27. The number of hydrogen-bond acceptors (Lipinski definition) is 2. The van der Waals surface area contributed by atoms with E-state index >= 15 is 0 Å². The van der Waals surface area contributed by atoms with Gasteiger partial charge in [-0.15, -0.1) is 0 Å². The van der Waals surface area contributed by atoms with Gasteiger partial charge in [0.1, 0.15) is 11.9 Å². The molecule has 0 atom stereocenters. The molecule has 0 aliphatic heterocycles. The van der Waals surface area contributed by atoms with Crippen molar-refractivity contribution in [3.8, 4) is 6.07 Å². The monoisotopic (exact) mass is 304 g/mol. The maximum atomic E-state index is 13.3. The Labute approximate surface area is 113 Å². The summed E-state index contributed by atoms with van der Waals surface area (Å²) in [6.45, 7) is 1.82. The van der Waals surface area contributed by atoms with Gasteiger partial charge in [-0.05, 0) is 58.7 Å². The molecule has 0 amide bonds. The molecule has 0 saturated carbocycles. The zero-order chi connectivity index (χ0) is 13.1. The van der Waals surface area contributed by atoms with Gasteiger partial charge in [0.15, 0.2) is 0 Å². The van der Waals surface area contributed by atoms with Crippen molar-refractivity contribution in [3.63, 3.8) is 0 Å². The predicted octanol–water partition coefficient (Wildman–Crippen LogP) is 4.51. The quantitative estimate of drug-likeness (QED) is 0.886. The number of nitriles is 1. The highest BCUT2D eigenvalue weighted by molar-refractivity contribution is 9.10. The molecule has 0 radical (unpaired) electrons. The second-order valence-corrected chi connectivity index (χ2v) is 4.77.